The molecule has 0 aromatic heterocycles. The summed E-state index contributed by atoms with van der Waals surface area (Å²) in [4.78, 5) is 0. The van der Waals surface area contributed by atoms with Gasteiger partial charge in [0.1, 0.15) is 31.4 Å². The maximum Gasteiger partial charge on any atom is 0.105 e. The molecule has 0 spiro atoms. The van der Waals surface area contributed by atoms with Crippen LogP contribution in [-0.4, -0.2) is 31.4 Å². The van der Waals surface area contributed by atoms with Crippen molar-refractivity contribution in [1.82, 2.24) is 0 Å². The van der Waals surface area contributed by atoms with Crippen molar-refractivity contribution in [3.8, 4) is 0 Å². The van der Waals surface area contributed by atoms with Gasteiger partial charge in [0.15, 0.2) is 0 Å². The summed E-state index contributed by atoms with van der Waals surface area (Å²) in [5, 5.41) is 0. The molecule has 0 aromatic carbocycles. The summed E-state index contributed by atoms with van der Waals surface area (Å²) >= 11 is 0. The van der Waals surface area contributed by atoms with E-state index in [2.05, 4.69) is 43.5 Å². The van der Waals surface area contributed by atoms with Gasteiger partial charge in [-0.3, -0.25) is 0 Å². The molecule has 12 heavy (non-hydrogen) atoms. The second-order valence-electron chi connectivity index (χ2n) is 4.98. The van der Waals surface area contributed by atoms with Gasteiger partial charge in [-0.05, 0) is 11.8 Å². The van der Waals surface area contributed by atoms with Crippen LogP contribution in [0.25, 0.3) is 0 Å². The Hall–Kier alpha value is -0.000260. The first-order valence-electron chi connectivity index (χ1n) is 5.31. The summed E-state index contributed by atoms with van der Waals surface area (Å²) in [5.74, 6) is 5.36. The minimum Gasteiger partial charge on any atom is -0.0861 e. The van der Waals surface area contributed by atoms with Crippen molar-refractivity contribution >= 4 is 31.4 Å². The van der Waals surface area contributed by atoms with Crippen molar-refractivity contribution < 1.29 is 0 Å². The normalized spacial score (nSPS) is 57.3. The SMILES string of the molecule is BC1C(B)C2C=CC1C(B)C2B. The zero-order chi connectivity index (χ0) is 8.88. The van der Waals surface area contributed by atoms with E-state index in [0.29, 0.717) is 0 Å². The first-order chi connectivity index (χ1) is 5.63. The molecule has 60 valence electrons. The summed E-state index contributed by atoms with van der Waals surface area (Å²) in [6.07, 6.45) is 4.94. The lowest BCUT2D eigenvalue weighted by atomic mass is 9.37. The van der Waals surface area contributed by atoms with Crippen LogP contribution >= 0.6 is 0 Å². The van der Waals surface area contributed by atoms with Crippen molar-refractivity contribution in [3.63, 3.8) is 0 Å². The van der Waals surface area contributed by atoms with Crippen LogP contribution in [0.15, 0.2) is 12.2 Å². The van der Waals surface area contributed by atoms with E-state index in [1.165, 1.54) is 0 Å². The van der Waals surface area contributed by atoms with Crippen LogP contribution in [0, 0.1) is 11.8 Å². The second-order valence-corrected chi connectivity index (χ2v) is 4.98. The Morgan fingerprint density at radius 2 is 0.833 bits per heavy atom. The maximum absolute atomic E-state index is 2.47. The number of allylic oxidation sites excluding steroid dienone is 2. The van der Waals surface area contributed by atoms with Crippen LogP contribution in [0.2, 0.25) is 23.3 Å². The molecule has 1 fully saturated rings. The van der Waals surface area contributed by atoms with E-state index in [4.69, 9.17) is 0 Å². The summed E-state index contributed by atoms with van der Waals surface area (Å²) < 4.78 is 0. The van der Waals surface area contributed by atoms with Crippen molar-refractivity contribution in [3.05, 3.63) is 12.2 Å². The zero-order valence-corrected chi connectivity index (χ0v) is 8.62. The third kappa shape index (κ3) is 0.963. The van der Waals surface area contributed by atoms with E-state index in [-0.39, 0.29) is 0 Å². The van der Waals surface area contributed by atoms with E-state index >= 15 is 0 Å². The quantitative estimate of drug-likeness (QED) is 0.295. The Morgan fingerprint density at radius 1 is 0.583 bits per heavy atom. The molecule has 3 aliphatic carbocycles. The lowest BCUT2D eigenvalue weighted by Crippen LogP contribution is -2.38. The van der Waals surface area contributed by atoms with Crippen LogP contribution in [0.1, 0.15) is 0 Å². The molecule has 0 nitrogen and oxygen atoms in total. The Labute approximate surface area is 79.2 Å². The molecule has 4 heteroatoms. The molecule has 0 saturated heterocycles. The Bertz CT molecular complexity index is 177. The van der Waals surface area contributed by atoms with E-state index in [1.54, 1.807) is 0 Å². The van der Waals surface area contributed by atoms with E-state index in [0.717, 1.165) is 35.1 Å². The summed E-state index contributed by atoms with van der Waals surface area (Å²) in [6, 6.07) is 0. The van der Waals surface area contributed by atoms with Crippen LogP contribution in [0.3, 0.4) is 0 Å². The maximum atomic E-state index is 2.47. The van der Waals surface area contributed by atoms with Gasteiger partial charge < -0.3 is 0 Å². The van der Waals surface area contributed by atoms with Crippen molar-refractivity contribution in [2.24, 2.45) is 11.8 Å². The fourth-order valence-corrected chi connectivity index (χ4v) is 3.32. The predicted molar refractivity (Wildman–Crippen MR) is 65.3 cm³/mol. The molecule has 0 amide bonds. The van der Waals surface area contributed by atoms with Gasteiger partial charge in [-0.1, -0.05) is 35.4 Å². The monoisotopic (exact) mass is 156 g/mol. The Kier molecular flexibility index (Phi) is 1.97. The highest BCUT2D eigenvalue weighted by molar-refractivity contribution is 6.27. The van der Waals surface area contributed by atoms with Crippen LogP contribution in [0.5, 0.6) is 0 Å². The molecule has 3 rings (SSSR count). The topological polar surface area (TPSA) is 0 Å². The molecule has 3 aliphatic rings. The standard InChI is InChI=1S/C8H16B4/c9-5-3-1-2-4(7(5)11)8(12)6(3)10/h1-8H,9-12H2. The first-order valence-corrected chi connectivity index (χ1v) is 5.31. The van der Waals surface area contributed by atoms with Crippen LogP contribution in [0.4, 0.5) is 0 Å². The van der Waals surface area contributed by atoms with Gasteiger partial charge in [0.25, 0.3) is 0 Å². The molecule has 0 N–H and O–H groups in total. The number of hydrogen-bond donors (Lipinski definition) is 0. The Morgan fingerprint density at radius 3 is 1.08 bits per heavy atom. The van der Waals surface area contributed by atoms with Gasteiger partial charge in [0.05, 0.1) is 0 Å². The van der Waals surface area contributed by atoms with Crippen molar-refractivity contribution in [2.75, 3.05) is 0 Å². The second kappa shape index (κ2) is 2.75. The van der Waals surface area contributed by atoms with Crippen molar-refractivity contribution in [2.45, 2.75) is 23.3 Å². The highest BCUT2D eigenvalue weighted by Gasteiger charge is 2.43. The highest BCUT2D eigenvalue weighted by atomic mass is 14.4. The fraction of sp³-hybridized carbons (Fsp3) is 0.750. The summed E-state index contributed by atoms with van der Waals surface area (Å²) in [7, 11) is 9.70. The number of fused-ring (bicyclic) bond motifs is 2. The minimum atomic E-state index is 0.861. The largest absolute Gasteiger partial charge is 0.105 e. The summed E-state index contributed by atoms with van der Waals surface area (Å²) in [5.41, 5.74) is 0. The lowest BCUT2D eigenvalue weighted by molar-refractivity contribution is 0.332. The molecule has 1 saturated carbocycles. The molecular formula is C8H16B4. The number of rotatable bonds is 0. The van der Waals surface area contributed by atoms with Gasteiger partial charge in [-0.2, -0.15) is 0 Å². The first kappa shape index (κ1) is 8.59. The van der Waals surface area contributed by atoms with Gasteiger partial charge >= 0.3 is 0 Å². The van der Waals surface area contributed by atoms with Gasteiger partial charge in [-0.25, -0.2) is 0 Å². The molecule has 0 radical (unpaired) electrons. The third-order valence-electron chi connectivity index (χ3n) is 4.64. The molecule has 0 aromatic rings. The predicted octanol–water partition coefficient (Wildman–Crippen LogP) is -1.51. The van der Waals surface area contributed by atoms with Crippen LogP contribution < -0.4 is 0 Å². The zero-order valence-electron chi connectivity index (χ0n) is 8.62. The number of hydrogen-bond acceptors (Lipinski definition) is 0. The summed E-state index contributed by atoms with van der Waals surface area (Å²) in [6.45, 7) is 0. The van der Waals surface area contributed by atoms with E-state index in [1.807, 2.05) is 0 Å². The van der Waals surface area contributed by atoms with Gasteiger partial charge in [-0.15, -0.1) is 0 Å². The van der Waals surface area contributed by atoms with Gasteiger partial charge in [0, 0.05) is 0 Å². The molecule has 0 aliphatic heterocycles. The van der Waals surface area contributed by atoms with Crippen molar-refractivity contribution in [1.29, 1.82) is 0 Å². The van der Waals surface area contributed by atoms with E-state index in [9.17, 15) is 0 Å². The van der Waals surface area contributed by atoms with Gasteiger partial charge in [0.2, 0.25) is 0 Å². The molecule has 4 unspecified atom stereocenters. The molecule has 2 bridgehead atoms. The highest BCUT2D eigenvalue weighted by Crippen LogP contribution is 2.57. The average molecular weight is 155 g/mol. The third-order valence-corrected chi connectivity index (χ3v) is 4.64. The molecule has 4 atom stereocenters. The smallest absolute Gasteiger partial charge is 0.0861 e. The molecular weight excluding hydrogens is 139 g/mol. The minimum absolute atomic E-state index is 0.861. The average Bonchev–Trinajstić information content (AvgIpc) is 2.05. The van der Waals surface area contributed by atoms with E-state index < -0.39 is 0 Å². The fourth-order valence-electron chi connectivity index (χ4n) is 3.32. The molecule has 0 heterocycles. The lowest BCUT2D eigenvalue weighted by Gasteiger charge is -2.51. The Balaban J connectivity index is 2.32. The van der Waals surface area contributed by atoms with Crippen LogP contribution in [-0.2, 0) is 0 Å².